The van der Waals surface area contributed by atoms with Gasteiger partial charge in [-0.05, 0) is 55.3 Å². The maximum absolute atomic E-state index is 12.1. The fraction of sp³-hybridized carbons (Fsp3) is 0.286. The van der Waals surface area contributed by atoms with Gasteiger partial charge in [0.25, 0.3) is 5.91 Å². The Labute approximate surface area is 162 Å². The van der Waals surface area contributed by atoms with Gasteiger partial charge < -0.3 is 19.5 Å². The van der Waals surface area contributed by atoms with Crippen LogP contribution in [0.3, 0.4) is 0 Å². The summed E-state index contributed by atoms with van der Waals surface area (Å²) in [6.07, 6.45) is 2.17. The van der Waals surface area contributed by atoms with Gasteiger partial charge in [0.2, 0.25) is 0 Å². The molecule has 1 aliphatic heterocycles. The van der Waals surface area contributed by atoms with Crippen LogP contribution in [0.4, 0.5) is 5.69 Å². The molecule has 1 heterocycles. The number of esters is 1. The van der Waals surface area contributed by atoms with E-state index in [1.54, 1.807) is 42.5 Å². The number of ether oxygens (including phenoxy) is 3. The maximum atomic E-state index is 12.1. The SMILES string of the molecule is N#Cc1cccc(NC(=O)COC(=O)c2ccc(OC[C@H]3CCCO3)cc2)c1. The Morgan fingerprint density at radius 3 is 2.75 bits per heavy atom. The van der Waals surface area contributed by atoms with E-state index in [0.717, 1.165) is 19.4 Å². The molecule has 144 valence electrons. The second-order valence-corrected chi connectivity index (χ2v) is 6.29. The van der Waals surface area contributed by atoms with Crippen LogP contribution in [-0.2, 0) is 14.3 Å². The quantitative estimate of drug-likeness (QED) is 0.742. The van der Waals surface area contributed by atoms with Crippen molar-refractivity contribution in [2.45, 2.75) is 18.9 Å². The molecule has 1 saturated heterocycles. The number of nitrogens with zero attached hydrogens (tertiary/aromatic N) is 1. The normalized spacial score (nSPS) is 15.5. The molecule has 1 aliphatic rings. The summed E-state index contributed by atoms with van der Waals surface area (Å²) in [5, 5.41) is 11.4. The molecule has 1 fully saturated rings. The van der Waals surface area contributed by atoms with Crippen molar-refractivity contribution in [2.24, 2.45) is 0 Å². The topological polar surface area (TPSA) is 97.7 Å². The Balaban J connectivity index is 1.44. The van der Waals surface area contributed by atoms with Crippen LogP contribution in [0.1, 0.15) is 28.8 Å². The van der Waals surface area contributed by atoms with E-state index in [1.807, 2.05) is 6.07 Å². The summed E-state index contributed by atoms with van der Waals surface area (Å²) in [6.45, 7) is 0.833. The predicted molar refractivity (Wildman–Crippen MR) is 101 cm³/mol. The molecule has 0 radical (unpaired) electrons. The van der Waals surface area contributed by atoms with Crippen molar-refractivity contribution in [3.8, 4) is 11.8 Å². The van der Waals surface area contributed by atoms with Crippen LogP contribution in [-0.4, -0.2) is 37.8 Å². The Morgan fingerprint density at radius 2 is 2.04 bits per heavy atom. The van der Waals surface area contributed by atoms with Crippen molar-refractivity contribution in [2.75, 3.05) is 25.1 Å². The number of benzene rings is 2. The second kappa shape index (κ2) is 9.53. The first kappa shape index (κ1) is 19.4. The number of carbonyl (C=O) groups excluding carboxylic acids is 2. The lowest BCUT2D eigenvalue weighted by Gasteiger charge is -2.11. The molecule has 0 bridgehead atoms. The Hall–Kier alpha value is -3.37. The van der Waals surface area contributed by atoms with E-state index >= 15 is 0 Å². The smallest absolute Gasteiger partial charge is 0.338 e. The zero-order valence-electron chi connectivity index (χ0n) is 15.2. The molecule has 0 unspecified atom stereocenters. The number of amides is 1. The molecule has 2 aromatic carbocycles. The van der Waals surface area contributed by atoms with E-state index in [4.69, 9.17) is 19.5 Å². The molecule has 0 aliphatic carbocycles. The maximum Gasteiger partial charge on any atom is 0.338 e. The fourth-order valence-corrected chi connectivity index (χ4v) is 2.73. The molecule has 28 heavy (non-hydrogen) atoms. The molecule has 0 spiro atoms. The molecule has 7 nitrogen and oxygen atoms in total. The van der Waals surface area contributed by atoms with Crippen LogP contribution < -0.4 is 10.1 Å². The van der Waals surface area contributed by atoms with Gasteiger partial charge in [0.1, 0.15) is 12.4 Å². The molecule has 3 rings (SSSR count). The van der Waals surface area contributed by atoms with Gasteiger partial charge in [-0.15, -0.1) is 0 Å². The van der Waals surface area contributed by atoms with Gasteiger partial charge in [-0.1, -0.05) is 6.07 Å². The lowest BCUT2D eigenvalue weighted by atomic mass is 10.2. The minimum atomic E-state index is -0.605. The molecule has 0 saturated carbocycles. The highest BCUT2D eigenvalue weighted by atomic mass is 16.5. The van der Waals surface area contributed by atoms with E-state index in [9.17, 15) is 9.59 Å². The summed E-state index contributed by atoms with van der Waals surface area (Å²) in [5.74, 6) is -0.450. The van der Waals surface area contributed by atoms with Gasteiger partial charge in [0.05, 0.1) is 23.3 Å². The van der Waals surface area contributed by atoms with Crippen LogP contribution >= 0.6 is 0 Å². The monoisotopic (exact) mass is 380 g/mol. The summed E-state index contributed by atoms with van der Waals surface area (Å²) in [5.41, 5.74) is 1.22. The van der Waals surface area contributed by atoms with E-state index in [1.165, 1.54) is 6.07 Å². The van der Waals surface area contributed by atoms with Gasteiger partial charge >= 0.3 is 5.97 Å². The highest BCUT2D eigenvalue weighted by molar-refractivity contribution is 5.95. The third-order valence-corrected chi connectivity index (χ3v) is 4.16. The number of rotatable bonds is 7. The van der Waals surface area contributed by atoms with Gasteiger partial charge in [-0.3, -0.25) is 4.79 Å². The lowest BCUT2D eigenvalue weighted by Crippen LogP contribution is -2.21. The molecule has 1 amide bonds. The van der Waals surface area contributed by atoms with Gasteiger partial charge in [0, 0.05) is 12.3 Å². The van der Waals surface area contributed by atoms with Gasteiger partial charge in [-0.2, -0.15) is 5.26 Å². The van der Waals surface area contributed by atoms with Gasteiger partial charge in [0.15, 0.2) is 6.61 Å². The number of carbonyl (C=O) groups is 2. The van der Waals surface area contributed by atoms with Crippen molar-refractivity contribution >= 4 is 17.6 Å². The summed E-state index contributed by atoms with van der Waals surface area (Å²) in [6, 6.07) is 15.0. The van der Waals surface area contributed by atoms with Crippen LogP contribution in [0.5, 0.6) is 5.75 Å². The molecule has 0 aromatic heterocycles. The van der Waals surface area contributed by atoms with Crippen molar-refractivity contribution in [3.05, 3.63) is 59.7 Å². The molecule has 7 heteroatoms. The van der Waals surface area contributed by atoms with Crippen molar-refractivity contribution in [3.63, 3.8) is 0 Å². The number of nitriles is 1. The van der Waals surface area contributed by atoms with Gasteiger partial charge in [-0.25, -0.2) is 4.79 Å². The third-order valence-electron chi connectivity index (χ3n) is 4.16. The largest absolute Gasteiger partial charge is 0.491 e. The summed E-state index contributed by atoms with van der Waals surface area (Å²) < 4.78 is 16.2. The average Bonchev–Trinajstić information content (AvgIpc) is 3.24. The minimum Gasteiger partial charge on any atom is -0.491 e. The molecule has 1 atom stereocenters. The second-order valence-electron chi connectivity index (χ2n) is 6.29. The van der Waals surface area contributed by atoms with E-state index in [-0.39, 0.29) is 6.10 Å². The first-order valence-corrected chi connectivity index (χ1v) is 8.95. The van der Waals surface area contributed by atoms with Crippen LogP contribution in [0.2, 0.25) is 0 Å². The number of hydrogen-bond acceptors (Lipinski definition) is 6. The minimum absolute atomic E-state index is 0.122. The molecular formula is C21H20N2O5. The summed E-state index contributed by atoms with van der Waals surface area (Å²) in [4.78, 5) is 24.0. The van der Waals surface area contributed by atoms with E-state index in [2.05, 4.69) is 5.32 Å². The van der Waals surface area contributed by atoms with Crippen LogP contribution in [0, 0.1) is 11.3 Å². The van der Waals surface area contributed by atoms with E-state index < -0.39 is 18.5 Å². The molecule has 1 N–H and O–H groups in total. The zero-order chi connectivity index (χ0) is 19.8. The standard InChI is InChI=1S/C21H20N2O5/c22-12-15-3-1-4-17(11-15)23-20(24)14-28-21(25)16-6-8-18(9-7-16)27-13-19-5-2-10-26-19/h1,3-4,6-9,11,19H,2,5,10,13-14H2,(H,23,24)/t19-/m1/s1. The fourth-order valence-electron chi connectivity index (χ4n) is 2.73. The Kier molecular flexibility index (Phi) is 6.60. The van der Waals surface area contributed by atoms with Crippen molar-refractivity contribution < 1.29 is 23.8 Å². The first-order chi connectivity index (χ1) is 13.6. The Bertz CT molecular complexity index is 867. The number of nitrogens with one attached hydrogen (secondary N) is 1. The highest BCUT2D eigenvalue weighted by Gasteiger charge is 2.16. The van der Waals surface area contributed by atoms with Crippen molar-refractivity contribution in [1.29, 1.82) is 5.26 Å². The summed E-state index contributed by atoms with van der Waals surface area (Å²) in [7, 11) is 0. The first-order valence-electron chi connectivity index (χ1n) is 8.95. The third kappa shape index (κ3) is 5.56. The molecule has 2 aromatic rings. The van der Waals surface area contributed by atoms with Crippen LogP contribution in [0.15, 0.2) is 48.5 Å². The van der Waals surface area contributed by atoms with Crippen LogP contribution in [0.25, 0.3) is 0 Å². The average molecular weight is 380 g/mol. The van der Waals surface area contributed by atoms with E-state index in [0.29, 0.717) is 29.2 Å². The lowest BCUT2D eigenvalue weighted by molar-refractivity contribution is -0.119. The predicted octanol–water partition coefficient (Wildman–Crippen LogP) is 2.91. The molecular weight excluding hydrogens is 360 g/mol. The highest BCUT2D eigenvalue weighted by Crippen LogP contribution is 2.17. The number of hydrogen-bond donors (Lipinski definition) is 1. The number of anilines is 1. The Morgan fingerprint density at radius 1 is 1.21 bits per heavy atom. The zero-order valence-corrected chi connectivity index (χ0v) is 15.2. The van der Waals surface area contributed by atoms with Crippen molar-refractivity contribution in [1.82, 2.24) is 0 Å². The summed E-state index contributed by atoms with van der Waals surface area (Å²) >= 11 is 0.